The predicted octanol–water partition coefficient (Wildman–Crippen LogP) is 4.21. The second-order valence-corrected chi connectivity index (χ2v) is 7.48. The van der Waals surface area contributed by atoms with Crippen molar-refractivity contribution in [2.75, 3.05) is 20.2 Å². The summed E-state index contributed by atoms with van der Waals surface area (Å²) in [7, 11) is 1.72. The van der Waals surface area contributed by atoms with Crippen LogP contribution in [0.3, 0.4) is 0 Å². The predicted molar refractivity (Wildman–Crippen MR) is 110 cm³/mol. The van der Waals surface area contributed by atoms with Crippen molar-refractivity contribution in [1.82, 2.24) is 10.2 Å². The van der Waals surface area contributed by atoms with Crippen LogP contribution in [0.25, 0.3) is 0 Å². The molecule has 5 nitrogen and oxygen atoms in total. The molecule has 1 unspecified atom stereocenters. The first-order valence-corrected chi connectivity index (χ1v) is 9.67. The van der Waals surface area contributed by atoms with Gasteiger partial charge in [-0.3, -0.25) is 9.59 Å². The molecule has 0 radical (unpaired) electrons. The van der Waals surface area contributed by atoms with Crippen LogP contribution in [0, 0.1) is 0 Å². The van der Waals surface area contributed by atoms with Crippen LogP contribution in [0.15, 0.2) is 53.0 Å². The molecule has 0 spiro atoms. The van der Waals surface area contributed by atoms with E-state index in [0.717, 1.165) is 10.0 Å². The Labute approximate surface area is 172 Å². The third kappa shape index (κ3) is 7.23. The van der Waals surface area contributed by atoms with Gasteiger partial charge in [-0.05, 0) is 35.9 Å². The number of carbonyl (C=O) groups excluding carboxylic acids is 2. The van der Waals surface area contributed by atoms with Gasteiger partial charge in [-0.1, -0.05) is 45.7 Å². The van der Waals surface area contributed by atoms with Gasteiger partial charge in [-0.15, -0.1) is 0 Å². The summed E-state index contributed by atoms with van der Waals surface area (Å²) in [5.74, 6) is 0.406. The zero-order valence-corrected chi connectivity index (χ0v) is 17.6. The number of amides is 2. The Balaban J connectivity index is 1.91. The minimum atomic E-state index is -0.376. The lowest BCUT2D eigenvalue weighted by molar-refractivity contribution is -0.131. The number of halogens is 2. The van der Waals surface area contributed by atoms with Crippen LogP contribution in [-0.4, -0.2) is 36.9 Å². The van der Waals surface area contributed by atoms with Gasteiger partial charge in [0.1, 0.15) is 12.4 Å². The number of ether oxygens (including phenoxy) is 1. The maximum absolute atomic E-state index is 12.6. The second-order valence-electron chi connectivity index (χ2n) is 6.13. The lowest BCUT2D eigenvalue weighted by Crippen LogP contribution is -2.35. The van der Waals surface area contributed by atoms with Gasteiger partial charge in [0.2, 0.25) is 11.8 Å². The van der Waals surface area contributed by atoms with Gasteiger partial charge in [0.15, 0.2) is 0 Å². The first kappa shape index (κ1) is 21.3. The smallest absolute Gasteiger partial charge is 0.224 e. The number of carbonyl (C=O) groups is 2. The fraction of sp³-hybridized carbons (Fsp3) is 0.300. The Hall–Kier alpha value is -2.05. The van der Waals surface area contributed by atoms with Crippen LogP contribution in [-0.2, 0) is 9.59 Å². The summed E-state index contributed by atoms with van der Waals surface area (Å²) >= 11 is 9.31. The molecule has 0 bridgehead atoms. The van der Waals surface area contributed by atoms with Crippen molar-refractivity contribution in [3.63, 3.8) is 0 Å². The number of hydrogen-bond acceptors (Lipinski definition) is 3. The molecule has 2 rings (SSSR count). The topological polar surface area (TPSA) is 58.6 Å². The van der Waals surface area contributed by atoms with E-state index in [0.29, 0.717) is 23.9 Å². The molecule has 144 valence electrons. The quantitative estimate of drug-likeness (QED) is 0.651. The molecule has 27 heavy (non-hydrogen) atoms. The SMILES string of the molecule is CC(=O)NC(CC(=O)N(C)CCOc1cccc(Cl)c1)c1ccc(Br)cc1. The Morgan fingerprint density at radius 2 is 1.93 bits per heavy atom. The highest BCUT2D eigenvalue weighted by Crippen LogP contribution is 2.21. The molecule has 2 aromatic rings. The number of hydrogen-bond donors (Lipinski definition) is 1. The van der Waals surface area contributed by atoms with Crippen LogP contribution in [0.4, 0.5) is 0 Å². The van der Waals surface area contributed by atoms with Crippen molar-refractivity contribution in [3.05, 3.63) is 63.6 Å². The van der Waals surface area contributed by atoms with Crippen molar-refractivity contribution in [3.8, 4) is 5.75 Å². The summed E-state index contributed by atoms with van der Waals surface area (Å²) in [6, 6.07) is 14.3. The first-order chi connectivity index (χ1) is 12.8. The molecule has 1 N–H and O–H groups in total. The second kappa shape index (κ2) is 10.3. The van der Waals surface area contributed by atoms with Crippen LogP contribution in [0.2, 0.25) is 5.02 Å². The van der Waals surface area contributed by atoms with Crippen molar-refractivity contribution in [2.45, 2.75) is 19.4 Å². The highest BCUT2D eigenvalue weighted by molar-refractivity contribution is 9.10. The molecule has 0 aliphatic heterocycles. The molecule has 2 amide bonds. The molecular formula is C20H22BrClN2O3. The van der Waals surface area contributed by atoms with Crippen LogP contribution < -0.4 is 10.1 Å². The molecule has 0 fully saturated rings. The number of nitrogens with zero attached hydrogens (tertiary/aromatic N) is 1. The fourth-order valence-corrected chi connectivity index (χ4v) is 2.95. The molecule has 0 heterocycles. The van der Waals surface area contributed by atoms with E-state index < -0.39 is 0 Å². The Bertz CT molecular complexity index is 783. The molecule has 0 aliphatic carbocycles. The fourth-order valence-electron chi connectivity index (χ4n) is 2.51. The van der Waals surface area contributed by atoms with E-state index >= 15 is 0 Å². The Morgan fingerprint density at radius 3 is 2.56 bits per heavy atom. The summed E-state index contributed by atoms with van der Waals surface area (Å²) in [5.41, 5.74) is 0.880. The highest BCUT2D eigenvalue weighted by Gasteiger charge is 2.19. The van der Waals surface area contributed by atoms with E-state index in [2.05, 4.69) is 21.2 Å². The molecule has 0 saturated carbocycles. The van der Waals surface area contributed by atoms with Crippen molar-refractivity contribution in [1.29, 1.82) is 0 Å². The molecule has 2 aromatic carbocycles. The largest absolute Gasteiger partial charge is 0.492 e. The molecular weight excluding hydrogens is 432 g/mol. The van der Waals surface area contributed by atoms with Crippen molar-refractivity contribution in [2.24, 2.45) is 0 Å². The maximum Gasteiger partial charge on any atom is 0.224 e. The van der Waals surface area contributed by atoms with Crippen molar-refractivity contribution < 1.29 is 14.3 Å². The van der Waals surface area contributed by atoms with Gasteiger partial charge in [0.25, 0.3) is 0 Å². The maximum atomic E-state index is 12.6. The van der Waals surface area contributed by atoms with E-state index in [9.17, 15) is 9.59 Å². The van der Waals surface area contributed by atoms with E-state index in [1.165, 1.54) is 6.92 Å². The Morgan fingerprint density at radius 1 is 1.22 bits per heavy atom. The molecule has 1 atom stereocenters. The van der Waals surface area contributed by atoms with E-state index in [4.69, 9.17) is 16.3 Å². The zero-order chi connectivity index (χ0) is 19.8. The van der Waals surface area contributed by atoms with E-state index in [-0.39, 0.29) is 24.3 Å². The number of nitrogens with one attached hydrogen (secondary N) is 1. The zero-order valence-electron chi connectivity index (χ0n) is 15.2. The molecule has 0 saturated heterocycles. The lowest BCUT2D eigenvalue weighted by Gasteiger charge is -2.23. The van der Waals surface area contributed by atoms with Crippen LogP contribution in [0.1, 0.15) is 24.9 Å². The van der Waals surface area contributed by atoms with Gasteiger partial charge in [0, 0.05) is 23.5 Å². The summed E-state index contributed by atoms with van der Waals surface area (Å²) < 4.78 is 6.56. The number of likely N-dealkylation sites (N-methyl/N-ethyl adjacent to an activating group) is 1. The minimum absolute atomic E-state index is 0.0774. The van der Waals surface area contributed by atoms with Crippen LogP contribution in [0.5, 0.6) is 5.75 Å². The van der Waals surface area contributed by atoms with E-state index in [1.54, 1.807) is 24.1 Å². The monoisotopic (exact) mass is 452 g/mol. The number of rotatable bonds is 8. The normalized spacial score (nSPS) is 11.6. The van der Waals surface area contributed by atoms with Gasteiger partial charge in [-0.2, -0.15) is 0 Å². The average molecular weight is 454 g/mol. The van der Waals surface area contributed by atoms with E-state index in [1.807, 2.05) is 36.4 Å². The third-order valence-corrected chi connectivity index (χ3v) is 4.71. The summed E-state index contributed by atoms with van der Waals surface area (Å²) in [4.78, 5) is 25.7. The first-order valence-electron chi connectivity index (χ1n) is 8.50. The highest BCUT2D eigenvalue weighted by atomic mass is 79.9. The third-order valence-electron chi connectivity index (χ3n) is 3.95. The van der Waals surface area contributed by atoms with Gasteiger partial charge < -0.3 is 15.0 Å². The lowest BCUT2D eigenvalue weighted by atomic mass is 10.0. The minimum Gasteiger partial charge on any atom is -0.492 e. The van der Waals surface area contributed by atoms with Gasteiger partial charge in [0.05, 0.1) is 19.0 Å². The molecule has 7 heteroatoms. The summed E-state index contributed by atoms with van der Waals surface area (Å²) in [6.07, 6.45) is 0.175. The summed E-state index contributed by atoms with van der Waals surface area (Å²) in [5, 5.41) is 3.44. The summed E-state index contributed by atoms with van der Waals surface area (Å²) in [6.45, 7) is 2.23. The van der Waals surface area contributed by atoms with Gasteiger partial charge in [-0.25, -0.2) is 0 Å². The van der Waals surface area contributed by atoms with Gasteiger partial charge >= 0.3 is 0 Å². The van der Waals surface area contributed by atoms with Crippen LogP contribution >= 0.6 is 27.5 Å². The Kier molecular flexibility index (Phi) is 8.13. The standard InChI is InChI=1S/C20H22BrClN2O3/c1-14(25)23-19(15-6-8-16(21)9-7-15)13-20(26)24(2)10-11-27-18-5-3-4-17(22)12-18/h3-9,12,19H,10-11,13H2,1-2H3,(H,23,25). The number of benzene rings is 2. The molecule has 0 aromatic heterocycles. The van der Waals surface area contributed by atoms with Crippen molar-refractivity contribution >= 4 is 39.3 Å². The molecule has 0 aliphatic rings. The average Bonchev–Trinajstić information content (AvgIpc) is 2.61.